The number of nitrogens with zero attached hydrogens (tertiary/aromatic N) is 1. The van der Waals surface area contributed by atoms with Gasteiger partial charge in [-0.2, -0.15) is 0 Å². The molecule has 2 amide bonds. The van der Waals surface area contributed by atoms with Gasteiger partial charge in [0.2, 0.25) is 0 Å². The Morgan fingerprint density at radius 3 is 2.88 bits per heavy atom. The fourth-order valence-corrected chi connectivity index (χ4v) is 1.20. The van der Waals surface area contributed by atoms with Crippen LogP contribution in [0.2, 0.25) is 0 Å². The minimum atomic E-state index is -0.873. The lowest BCUT2D eigenvalue weighted by Crippen LogP contribution is -2.37. The predicted molar refractivity (Wildman–Crippen MR) is 58.2 cm³/mol. The minimum Gasteiger partial charge on any atom is -0.481 e. The van der Waals surface area contributed by atoms with E-state index in [-0.39, 0.29) is 24.9 Å². The van der Waals surface area contributed by atoms with Gasteiger partial charge < -0.3 is 20.3 Å². The van der Waals surface area contributed by atoms with Crippen molar-refractivity contribution in [2.75, 3.05) is 6.54 Å². The Morgan fingerprint density at radius 1 is 1.53 bits per heavy atom. The highest BCUT2D eigenvalue weighted by Crippen LogP contribution is 1.99. The van der Waals surface area contributed by atoms with Gasteiger partial charge in [-0.25, -0.2) is 4.79 Å². The maximum absolute atomic E-state index is 11.3. The SMILES string of the molecule is CC(CNC(=O)NCc1ccon1)CC(=O)O. The molecule has 0 aliphatic heterocycles. The number of hydrogen-bond acceptors (Lipinski definition) is 4. The maximum atomic E-state index is 11.3. The van der Waals surface area contributed by atoms with Crippen molar-refractivity contribution in [3.63, 3.8) is 0 Å². The van der Waals surface area contributed by atoms with E-state index in [0.29, 0.717) is 12.2 Å². The lowest BCUT2D eigenvalue weighted by molar-refractivity contribution is -0.137. The van der Waals surface area contributed by atoms with E-state index >= 15 is 0 Å². The van der Waals surface area contributed by atoms with Gasteiger partial charge in [0, 0.05) is 19.0 Å². The van der Waals surface area contributed by atoms with Crippen LogP contribution in [-0.4, -0.2) is 28.8 Å². The highest BCUT2D eigenvalue weighted by molar-refractivity contribution is 5.73. The molecule has 1 atom stereocenters. The molecule has 7 heteroatoms. The molecule has 0 aliphatic carbocycles. The summed E-state index contributed by atoms with van der Waals surface area (Å²) in [7, 11) is 0. The lowest BCUT2D eigenvalue weighted by atomic mass is 10.1. The smallest absolute Gasteiger partial charge is 0.315 e. The number of aromatic nitrogens is 1. The fourth-order valence-electron chi connectivity index (χ4n) is 1.20. The van der Waals surface area contributed by atoms with Crippen LogP contribution in [0.4, 0.5) is 4.79 Å². The monoisotopic (exact) mass is 241 g/mol. The van der Waals surface area contributed by atoms with Crippen LogP contribution in [-0.2, 0) is 11.3 Å². The van der Waals surface area contributed by atoms with E-state index in [1.54, 1.807) is 13.0 Å². The summed E-state index contributed by atoms with van der Waals surface area (Å²) in [6.45, 7) is 2.35. The highest BCUT2D eigenvalue weighted by atomic mass is 16.5. The Hall–Kier alpha value is -2.05. The van der Waals surface area contributed by atoms with Crippen molar-refractivity contribution in [2.45, 2.75) is 19.9 Å². The summed E-state index contributed by atoms with van der Waals surface area (Å²) in [5, 5.41) is 17.3. The van der Waals surface area contributed by atoms with E-state index in [4.69, 9.17) is 5.11 Å². The molecular weight excluding hydrogens is 226 g/mol. The Labute approximate surface area is 98.2 Å². The van der Waals surface area contributed by atoms with Gasteiger partial charge in [0.15, 0.2) is 0 Å². The summed E-state index contributed by atoms with van der Waals surface area (Å²) in [4.78, 5) is 21.7. The first-order valence-corrected chi connectivity index (χ1v) is 5.20. The number of amides is 2. The molecule has 0 saturated heterocycles. The van der Waals surface area contributed by atoms with Crippen LogP contribution >= 0.6 is 0 Å². The molecule has 0 spiro atoms. The quantitative estimate of drug-likeness (QED) is 0.676. The van der Waals surface area contributed by atoms with E-state index in [0.717, 1.165) is 0 Å². The molecule has 1 aromatic rings. The van der Waals surface area contributed by atoms with Gasteiger partial charge >= 0.3 is 12.0 Å². The summed E-state index contributed by atoms with van der Waals surface area (Å²) in [6.07, 6.45) is 1.45. The van der Waals surface area contributed by atoms with Gasteiger partial charge in [-0.1, -0.05) is 12.1 Å². The van der Waals surface area contributed by atoms with E-state index in [2.05, 4.69) is 20.3 Å². The van der Waals surface area contributed by atoms with Crippen LogP contribution in [0.25, 0.3) is 0 Å². The number of aliphatic carboxylic acids is 1. The van der Waals surface area contributed by atoms with Crippen LogP contribution in [0.1, 0.15) is 19.0 Å². The fraction of sp³-hybridized carbons (Fsp3) is 0.500. The minimum absolute atomic E-state index is 0.0313. The molecule has 1 rings (SSSR count). The van der Waals surface area contributed by atoms with Crippen LogP contribution in [0.3, 0.4) is 0 Å². The second-order valence-electron chi connectivity index (χ2n) is 3.76. The van der Waals surface area contributed by atoms with Crippen molar-refractivity contribution in [1.29, 1.82) is 0 Å². The summed E-state index contributed by atoms with van der Waals surface area (Å²) >= 11 is 0. The molecule has 7 nitrogen and oxygen atoms in total. The molecule has 1 unspecified atom stereocenters. The zero-order chi connectivity index (χ0) is 12.7. The number of rotatable bonds is 6. The van der Waals surface area contributed by atoms with Crippen molar-refractivity contribution in [3.8, 4) is 0 Å². The maximum Gasteiger partial charge on any atom is 0.315 e. The molecule has 0 bridgehead atoms. The molecular formula is C10H15N3O4. The third-order valence-electron chi connectivity index (χ3n) is 2.06. The average molecular weight is 241 g/mol. The molecule has 94 valence electrons. The van der Waals surface area contributed by atoms with E-state index in [1.165, 1.54) is 6.26 Å². The third-order valence-corrected chi connectivity index (χ3v) is 2.06. The van der Waals surface area contributed by atoms with Gasteiger partial charge in [-0.05, 0) is 5.92 Å². The molecule has 3 N–H and O–H groups in total. The van der Waals surface area contributed by atoms with E-state index in [1.807, 2.05) is 0 Å². The molecule has 0 aromatic carbocycles. The second-order valence-corrected chi connectivity index (χ2v) is 3.76. The number of carboxylic acids is 1. The summed E-state index contributed by atoms with van der Waals surface area (Å²) in [6, 6.07) is 1.29. The Kier molecular flexibility index (Phi) is 4.99. The van der Waals surface area contributed by atoms with Crippen molar-refractivity contribution < 1.29 is 19.2 Å². The molecule has 17 heavy (non-hydrogen) atoms. The molecule has 0 saturated carbocycles. The van der Waals surface area contributed by atoms with Crippen molar-refractivity contribution in [2.24, 2.45) is 5.92 Å². The van der Waals surface area contributed by atoms with Crippen LogP contribution < -0.4 is 10.6 Å². The first-order valence-electron chi connectivity index (χ1n) is 5.20. The highest BCUT2D eigenvalue weighted by Gasteiger charge is 2.09. The lowest BCUT2D eigenvalue weighted by Gasteiger charge is -2.10. The number of carbonyl (C=O) groups excluding carboxylic acids is 1. The Morgan fingerprint density at radius 2 is 2.29 bits per heavy atom. The standard InChI is InChI=1S/C10H15N3O4/c1-7(4-9(14)15)5-11-10(16)12-6-8-2-3-17-13-8/h2-3,7H,4-6H2,1H3,(H,14,15)(H2,11,12,16). The number of hydrogen-bond donors (Lipinski definition) is 3. The summed E-state index contributed by atoms with van der Waals surface area (Å²) < 4.78 is 4.60. The van der Waals surface area contributed by atoms with Gasteiger partial charge in [-0.15, -0.1) is 0 Å². The first kappa shape index (κ1) is 13.0. The Bertz CT molecular complexity index is 364. The zero-order valence-corrected chi connectivity index (χ0v) is 9.47. The van der Waals surface area contributed by atoms with E-state index in [9.17, 15) is 9.59 Å². The van der Waals surface area contributed by atoms with Gasteiger partial charge in [0.05, 0.1) is 6.54 Å². The largest absolute Gasteiger partial charge is 0.481 e. The topological polar surface area (TPSA) is 104 Å². The molecule has 0 aliphatic rings. The third kappa shape index (κ3) is 5.55. The molecule has 1 heterocycles. The number of urea groups is 1. The summed E-state index contributed by atoms with van der Waals surface area (Å²) in [5.41, 5.74) is 0.624. The van der Waals surface area contributed by atoms with Gasteiger partial charge in [0.25, 0.3) is 0 Å². The van der Waals surface area contributed by atoms with E-state index < -0.39 is 5.97 Å². The van der Waals surface area contributed by atoms with Crippen LogP contribution in [0.15, 0.2) is 16.9 Å². The molecule has 0 radical (unpaired) electrons. The molecule has 1 aromatic heterocycles. The molecule has 0 fully saturated rings. The second kappa shape index (κ2) is 6.51. The summed E-state index contributed by atoms with van der Waals surface area (Å²) in [5.74, 6) is -0.979. The zero-order valence-electron chi connectivity index (χ0n) is 9.47. The number of nitrogens with one attached hydrogen (secondary N) is 2. The van der Waals surface area contributed by atoms with Crippen LogP contribution in [0, 0.1) is 5.92 Å². The Balaban J connectivity index is 2.15. The van der Waals surface area contributed by atoms with Crippen LogP contribution in [0.5, 0.6) is 0 Å². The number of carboxylic acid groups (broad SMARTS) is 1. The van der Waals surface area contributed by atoms with Crippen molar-refractivity contribution in [1.82, 2.24) is 15.8 Å². The van der Waals surface area contributed by atoms with Crippen molar-refractivity contribution in [3.05, 3.63) is 18.0 Å². The average Bonchev–Trinajstić information content (AvgIpc) is 2.75. The normalized spacial score (nSPS) is 11.8. The predicted octanol–water partition coefficient (Wildman–Crippen LogP) is 0.585. The van der Waals surface area contributed by atoms with Gasteiger partial charge in [0.1, 0.15) is 12.0 Å². The van der Waals surface area contributed by atoms with Crippen molar-refractivity contribution >= 4 is 12.0 Å². The first-order chi connectivity index (χ1) is 8.08. The number of carbonyl (C=O) groups is 2. The van der Waals surface area contributed by atoms with Gasteiger partial charge in [-0.3, -0.25) is 4.79 Å².